The lowest BCUT2D eigenvalue weighted by molar-refractivity contribution is 0.102. The Labute approximate surface area is 157 Å². The Morgan fingerprint density at radius 3 is 2.48 bits per heavy atom. The summed E-state index contributed by atoms with van der Waals surface area (Å²) in [6, 6.07) is 17.4. The van der Waals surface area contributed by atoms with Crippen LogP contribution in [-0.2, 0) is 0 Å². The molecule has 0 bridgehead atoms. The summed E-state index contributed by atoms with van der Waals surface area (Å²) >= 11 is 0. The van der Waals surface area contributed by atoms with Crippen LogP contribution in [0.5, 0.6) is 0 Å². The third kappa shape index (κ3) is 3.40. The Morgan fingerprint density at radius 2 is 1.70 bits per heavy atom. The lowest BCUT2D eigenvalue weighted by atomic mass is 9.99. The fourth-order valence-electron chi connectivity index (χ4n) is 3.13. The van der Waals surface area contributed by atoms with E-state index in [4.69, 9.17) is 4.98 Å². The maximum absolute atomic E-state index is 12.9. The van der Waals surface area contributed by atoms with Crippen molar-refractivity contribution in [3.63, 3.8) is 0 Å². The number of fused-ring (bicyclic) bond motifs is 1. The molecule has 5 nitrogen and oxygen atoms in total. The number of aromatic nitrogens is 3. The summed E-state index contributed by atoms with van der Waals surface area (Å²) in [5.74, 6) is 0.0160. The number of anilines is 1. The number of hydrogen-bond acceptors (Lipinski definition) is 4. The van der Waals surface area contributed by atoms with Gasteiger partial charge in [0.2, 0.25) is 5.95 Å². The first-order valence-corrected chi connectivity index (χ1v) is 8.67. The fraction of sp³-hybridized carbons (Fsp3) is 0.0909. The highest BCUT2D eigenvalue weighted by Gasteiger charge is 2.15. The molecule has 4 rings (SSSR count). The van der Waals surface area contributed by atoms with Crippen LogP contribution in [-0.4, -0.2) is 20.9 Å². The van der Waals surface area contributed by atoms with Gasteiger partial charge < -0.3 is 0 Å². The van der Waals surface area contributed by atoms with Crippen LogP contribution in [0.1, 0.15) is 21.5 Å². The van der Waals surface area contributed by atoms with Crippen molar-refractivity contribution in [2.24, 2.45) is 0 Å². The van der Waals surface area contributed by atoms with Gasteiger partial charge in [-0.1, -0.05) is 42.0 Å². The molecular formula is C22H18N4O. The van der Waals surface area contributed by atoms with Crippen LogP contribution in [0.2, 0.25) is 0 Å². The number of pyridine rings is 1. The van der Waals surface area contributed by atoms with E-state index >= 15 is 0 Å². The second-order valence-electron chi connectivity index (χ2n) is 6.42. The molecule has 0 aliphatic heterocycles. The van der Waals surface area contributed by atoms with Crippen LogP contribution in [0.15, 0.2) is 67.0 Å². The van der Waals surface area contributed by atoms with Gasteiger partial charge in [-0.15, -0.1) is 0 Å². The Balaban J connectivity index is 1.85. The number of carbonyl (C=O) groups is 1. The predicted octanol–water partition coefficient (Wildman–Crippen LogP) is 4.56. The molecule has 0 unspecified atom stereocenters. The number of hydrogen-bond donors (Lipinski definition) is 1. The average Bonchev–Trinajstić information content (AvgIpc) is 2.68. The Hall–Kier alpha value is -3.60. The van der Waals surface area contributed by atoms with Crippen molar-refractivity contribution in [1.82, 2.24) is 15.0 Å². The lowest BCUT2D eigenvalue weighted by Gasteiger charge is -2.12. The van der Waals surface area contributed by atoms with E-state index < -0.39 is 0 Å². The molecule has 5 heteroatoms. The second kappa shape index (κ2) is 6.96. The normalized spacial score (nSPS) is 10.7. The van der Waals surface area contributed by atoms with Gasteiger partial charge >= 0.3 is 0 Å². The molecule has 4 aromatic rings. The SMILES string of the molecule is Cc1ccc(-c2cc(C(=O)Nc3ncccn3)c3ccccc3n2)c(C)c1. The minimum Gasteiger partial charge on any atom is -0.290 e. The van der Waals surface area contributed by atoms with Gasteiger partial charge in [-0.25, -0.2) is 15.0 Å². The van der Waals surface area contributed by atoms with E-state index in [1.54, 1.807) is 18.5 Å². The number of carbonyl (C=O) groups excluding carboxylic acids is 1. The second-order valence-corrected chi connectivity index (χ2v) is 6.42. The van der Waals surface area contributed by atoms with Crippen molar-refractivity contribution in [2.75, 3.05) is 5.32 Å². The maximum Gasteiger partial charge on any atom is 0.258 e. The third-order valence-corrected chi connectivity index (χ3v) is 4.41. The summed E-state index contributed by atoms with van der Waals surface area (Å²) in [7, 11) is 0. The third-order valence-electron chi connectivity index (χ3n) is 4.41. The molecule has 0 aliphatic carbocycles. The highest BCUT2D eigenvalue weighted by molar-refractivity contribution is 6.12. The van der Waals surface area contributed by atoms with Crippen molar-refractivity contribution in [3.8, 4) is 11.3 Å². The van der Waals surface area contributed by atoms with Crippen molar-refractivity contribution >= 4 is 22.8 Å². The molecule has 132 valence electrons. The Bertz CT molecular complexity index is 1140. The van der Waals surface area contributed by atoms with Gasteiger partial charge in [-0.05, 0) is 37.6 Å². The summed E-state index contributed by atoms with van der Waals surface area (Å²) in [5.41, 5.74) is 5.41. The van der Waals surface area contributed by atoms with Crippen molar-refractivity contribution in [1.29, 1.82) is 0 Å². The average molecular weight is 354 g/mol. The molecule has 2 aromatic carbocycles. The predicted molar refractivity (Wildman–Crippen MR) is 107 cm³/mol. The molecule has 1 amide bonds. The molecule has 0 fully saturated rings. The topological polar surface area (TPSA) is 67.8 Å². The Morgan fingerprint density at radius 1 is 0.926 bits per heavy atom. The highest BCUT2D eigenvalue weighted by atomic mass is 16.1. The molecule has 0 spiro atoms. The summed E-state index contributed by atoms with van der Waals surface area (Å²) in [6.45, 7) is 4.11. The first-order chi connectivity index (χ1) is 13.1. The minimum absolute atomic E-state index is 0.259. The van der Waals surface area contributed by atoms with E-state index in [0.717, 1.165) is 27.7 Å². The van der Waals surface area contributed by atoms with Gasteiger partial charge in [0.15, 0.2) is 0 Å². The zero-order valence-electron chi connectivity index (χ0n) is 15.1. The molecule has 2 aromatic heterocycles. The minimum atomic E-state index is -0.259. The standard InChI is InChI=1S/C22H18N4O/c1-14-8-9-16(15(2)12-14)20-13-18(17-6-3-4-7-19(17)25-20)21(27)26-22-23-10-5-11-24-22/h3-13H,1-2H3,(H,23,24,26,27). The summed E-state index contributed by atoms with van der Waals surface area (Å²) < 4.78 is 0. The number of nitrogens with zero attached hydrogens (tertiary/aromatic N) is 3. The number of amides is 1. The molecule has 2 heterocycles. The van der Waals surface area contributed by atoms with Gasteiger partial charge in [0, 0.05) is 23.3 Å². The van der Waals surface area contributed by atoms with Crippen LogP contribution in [0.25, 0.3) is 22.2 Å². The van der Waals surface area contributed by atoms with E-state index in [1.807, 2.05) is 36.4 Å². The molecule has 0 atom stereocenters. The van der Waals surface area contributed by atoms with Gasteiger partial charge in [0.1, 0.15) is 0 Å². The van der Waals surface area contributed by atoms with E-state index in [0.29, 0.717) is 5.56 Å². The van der Waals surface area contributed by atoms with Crippen molar-refractivity contribution in [2.45, 2.75) is 13.8 Å². The zero-order valence-corrected chi connectivity index (χ0v) is 15.1. The molecule has 1 N–H and O–H groups in total. The lowest BCUT2D eigenvalue weighted by Crippen LogP contribution is -2.15. The van der Waals surface area contributed by atoms with Crippen molar-refractivity contribution in [3.05, 3.63) is 83.7 Å². The first-order valence-electron chi connectivity index (χ1n) is 8.67. The number of benzene rings is 2. The van der Waals surface area contributed by atoms with Crippen LogP contribution in [0, 0.1) is 13.8 Å². The van der Waals surface area contributed by atoms with Crippen LogP contribution < -0.4 is 5.32 Å². The number of rotatable bonds is 3. The van der Waals surface area contributed by atoms with E-state index in [2.05, 4.69) is 41.3 Å². The first kappa shape index (κ1) is 16.8. The molecular weight excluding hydrogens is 336 g/mol. The van der Waals surface area contributed by atoms with E-state index in [9.17, 15) is 4.79 Å². The summed E-state index contributed by atoms with van der Waals surface area (Å²) in [6.07, 6.45) is 3.18. The van der Waals surface area contributed by atoms with Gasteiger partial charge in [-0.2, -0.15) is 0 Å². The van der Waals surface area contributed by atoms with Gasteiger partial charge in [0.25, 0.3) is 5.91 Å². The number of aryl methyl sites for hydroxylation is 2. The zero-order chi connectivity index (χ0) is 18.8. The van der Waals surface area contributed by atoms with Crippen LogP contribution in [0.3, 0.4) is 0 Å². The van der Waals surface area contributed by atoms with Gasteiger partial charge in [-0.3, -0.25) is 10.1 Å². The quantitative estimate of drug-likeness (QED) is 0.585. The van der Waals surface area contributed by atoms with E-state index in [1.165, 1.54) is 5.56 Å². The molecule has 0 radical (unpaired) electrons. The van der Waals surface area contributed by atoms with Crippen LogP contribution in [0.4, 0.5) is 5.95 Å². The molecule has 0 saturated heterocycles. The fourth-order valence-corrected chi connectivity index (χ4v) is 3.13. The van der Waals surface area contributed by atoms with Crippen molar-refractivity contribution < 1.29 is 4.79 Å². The summed E-state index contributed by atoms with van der Waals surface area (Å²) in [4.78, 5) is 25.8. The van der Waals surface area contributed by atoms with Crippen LogP contribution >= 0.6 is 0 Å². The maximum atomic E-state index is 12.9. The highest BCUT2D eigenvalue weighted by Crippen LogP contribution is 2.28. The number of para-hydroxylation sites is 1. The molecule has 0 aliphatic rings. The van der Waals surface area contributed by atoms with E-state index in [-0.39, 0.29) is 11.9 Å². The molecule has 0 saturated carbocycles. The Kier molecular flexibility index (Phi) is 4.34. The molecule has 27 heavy (non-hydrogen) atoms. The van der Waals surface area contributed by atoms with Gasteiger partial charge in [0.05, 0.1) is 16.8 Å². The number of nitrogens with one attached hydrogen (secondary N) is 1. The monoisotopic (exact) mass is 354 g/mol. The largest absolute Gasteiger partial charge is 0.290 e. The summed E-state index contributed by atoms with van der Waals surface area (Å²) in [5, 5.41) is 3.55. The smallest absolute Gasteiger partial charge is 0.258 e.